The molecule has 0 aromatic rings. The third-order valence-electron chi connectivity index (χ3n) is 4.27. The molecule has 0 bridgehead atoms. The fourth-order valence-corrected chi connectivity index (χ4v) is 3.82. The van der Waals surface area contributed by atoms with E-state index in [0.717, 1.165) is 0 Å². The zero-order valence-electron chi connectivity index (χ0n) is 14.5. The number of carbonyl (C=O) groups excluding carboxylic acids is 2. The molecule has 2 aliphatic heterocycles. The van der Waals surface area contributed by atoms with Gasteiger partial charge in [0, 0.05) is 13.1 Å². The highest BCUT2D eigenvalue weighted by Gasteiger charge is 2.50. The molecule has 0 aromatic heterocycles. The van der Waals surface area contributed by atoms with Gasteiger partial charge in [0.25, 0.3) is 0 Å². The van der Waals surface area contributed by atoms with Crippen LogP contribution in [0.15, 0.2) is 0 Å². The van der Waals surface area contributed by atoms with Crippen LogP contribution in [0, 0.1) is 5.92 Å². The van der Waals surface area contributed by atoms with E-state index in [1.165, 1.54) is 0 Å². The molecule has 2 atom stereocenters. The fraction of sp³-hybridized carbons (Fsp3) is 0.867. The monoisotopic (exact) mass is 361 g/mol. The molecule has 0 spiro atoms. The van der Waals surface area contributed by atoms with E-state index in [0.29, 0.717) is 26.1 Å². The molecule has 2 saturated heterocycles. The average molecular weight is 361 g/mol. The molecule has 2 heterocycles. The summed E-state index contributed by atoms with van der Waals surface area (Å²) in [7, 11) is -2.95. The standard InChI is InChI=1S/C15H27N3O5S/c1-11(2)8-12(14(20)15(3)10-23-15)17-13(19)9-16-18-4-6-24(21,22)7-5-18/h11-12,16H,4-10H2,1-3H3,(H,17,19)/t12-,15+/m0/s1. The maximum atomic E-state index is 12.4. The van der Waals surface area contributed by atoms with E-state index in [2.05, 4.69) is 10.7 Å². The van der Waals surface area contributed by atoms with Crippen LogP contribution in [0.4, 0.5) is 0 Å². The predicted molar refractivity (Wildman–Crippen MR) is 89.0 cm³/mol. The molecular weight excluding hydrogens is 334 g/mol. The zero-order valence-corrected chi connectivity index (χ0v) is 15.3. The Morgan fingerprint density at radius 2 is 1.83 bits per heavy atom. The lowest BCUT2D eigenvalue weighted by Gasteiger charge is -2.27. The number of nitrogens with zero attached hydrogens (tertiary/aromatic N) is 1. The van der Waals surface area contributed by atoms with Crippen LogP contribution in [0.5, 0.6) is 0 Å². The normalized spacial score (nSPS) is 27.7. The van der Waals surface area contributed by atoms with E-state index in [1.54, 1.807) is 11.9 Å². The lowest BCUT2D eigenvalue weighted by atomic mass is 9.93. The third kappa shape index (κ3) is 5.51. The summed E-state index contributed by atoms with van der Waals surface area (Å²) in [6, 6.07) is -0.562. The summed E-state index contributed by atoms with van der Waals surface area (Å²) in [5.41, 5.74) is 2.16. The van der Waals surface area contributed by atoms with Gasteiger partial charge in [0.2, 0.25) is 5.91 Å². The largest absolute Gasteiger partial charge is 0.361 e. The highest BCUT2D eigenvalue weighted by molar-refractivity contribution is 7.91. The number of sulfone groups is 1. The molecule has 138 valence electrons. The summed E-state index contributed by atoms with van der Waals surface area (Å²) < 4.78 is 27.9. The SMILES string of the molecule is CC(C)C[C@H](NC(=O)CNN1CCS(=O)(=O)CC1)C(=O)[C@@]1(C)CO1. The maximum Gasteiger partial charge on any atom is 0.235 e. The van der Waals surface area contributed by atoms with E-state index < -0.39 is 21.5 Å². The van der Waals surface area contributed by atoms with Crippen molar-refractivity contribution in [2.24, 2.45) is 5.92 Å². The van der Waals surface area contributed by atoms with Crippen LogP contribution < -0.4 is 10.7 Å². The summed E-state index contributed by atoms with van der Waals surface area (Å²) in [4.78, 5) is 24.6. The Labute approximate surface area is 143 Å². The zero-order chi connectivity index (χ0) is 18.0. The second-order valence-electron chi connectivity index (χ2n) is 7.11. The molecule has 8 nitrogen and oxygen atoms in total. The van der Waals surface area contributed by atoms with Crippen LogP contribution in [-0.4, -0.2) is 74.5 Å². The Morgan fingerprint density at radius 3 is 2.33 bits per heavy atom. The third-order valence-corrected chi connectivity index (χ3v) is 5.87. The van der Waals surface area contributed by atoms with Gasteiger partial charge in [-0.15, -0.1) is 0 Å². The summed E-state index contributed by atoms with van der Waals surface area (Å²) in [5, 5.41) is 4.50. The van der Waals surface area contributed by atoms with Crippen LogP contribution in [0.25, 0.3) is 0 Å². The Bertz CT molecular complexity index is 572. The number of epoxide rings is 1. The molecule has 1 amide bonds. The number of carbonyl (C=O) groups is 2. The van der Waals surface area contributed by atoms with Gasteiger partial charge in [-0.2, -0.15) is 0 Å². The highest BCUT2D eigenvalue weighted by atomic mass is 32.2. The number of Topliss-reactive ketones (excluding diaryl/α,β-unsaturated/α-hetero) is 1. The molecule has 0 radical (unpaired) electrons. The number of hydrogen-bond acceptors (Lipinski definition) is 7. The second kappa shape index (κ2) is 7.47. The quantitative estimate of drug-likeness (QED) is 0.540. The smallest absolute Gasteiger partial charge is 0.235 e. The average Bonchev–Trinajstić information content (AvgIpc) is 3.23. The van der Waals surface area contributed by atoms with E-state index in [1.807, 2.05) is 13.8 Å². The van der Waals surface area contributed by atoms with Gasteiger partial charge in [0.1, 0.15) is 5.60 Å². The molecule has 0 saturated carbocycles. The summed E-state index contributed by atoms with van der Waals surface area (Å²) in [5.74, 6) is 0.0690. The summed E-state index contributed by atoms with van der Waals surface area (Å²) in [6.07, 6.45) is 0.561. The van der Waals surface area contributed by atoms with Crippen molar-refractivity contribution in [3.8, 4) is 0 Å². The van der Waals surface area contributed by atoms with E-state index >= 15 is 0 Å². The van der Waals surface area contributed by atoms with Gasteiger partial charge in [-0.25, -0.2) is 18.9 Å². The summed E-state index contributed by atoms with van der Waals surface area (Å²) in [6.45, 7) is 6.85. The Kier molecular flexibility index (Phi) is 6.00. The number of amides is 1. The lowest BCUT2D eigenvalue weighted by molar-refractivity contribution is -0.130. The van der Waals surface area contributed by atoms with Gasteiger partial charge in [-0.1, -0.05) is 13.8 Å². The molecule has 2 rings (SSSR count). The Hall–Kier alpha value is -1.03. The van der Waals surface area contributed by atoms with Gasteiger partial charge >= 0.3 is 0 Å². The van der Waals surface area contributed by atoms with Gasteiger partial charge in [-0.3, -0.25) is 9.59 Å². The highest BCUT2D eigenvalue weighted by Crippen LogP contribution is 2.29. The first kappa shape index (κ1) is 19.3. The fourth-order valence-electron chi connectivity index (χ4n) is 2.62. The molecule has 2 aliphatic rings. The van der Waals surface area contributed by atoms with Gasteiger partial charge in [0.05, 0.1) is 30.7 Å². The minimum Gasteiger partial charge on any atom is -0.361 e. The first-order chi connectivity index (χ1) is 11.1. The van der Waals surface area contributed by atoms with Crippen LogP contribution in [0.1, 0.15) is 27.2 Å². The number of nitrogens with one attached hydrogen (secondary N) is 2. The first-order valence-electron chi connectivity index (χ1n) is 8.28. The minimum atomic E-state index is -2.95. The topological polar surface area (TPSA) is 108 Å². The number of ketones is 1. The van der Waals surface area contributed by atoms with Gasteiger partial charge in [-0.05, 0) is 19.3 Å². The first-order valence-corrected chi connectivity index (χ1v) is 10.1. The van der Waals surface area contributed by atoms with Crippen molar-refractivity contribution in [2.75, 3.05) is 37.7 Å². The van der Waals surface area contributed by atoms with E-state index in [4.69, 9.17) is 4.74 Å². The molecule has 0 aliphatic carbocycles. The Balaban J connectivity index is 1.81. The second-order valence-corrected chi connectivity index (χ2v) is 9.41. The van der Waals surface area contributed by atoms with Gasteiger partial charge < -0.3 is 10.1 Å². The van der Waals surface area contributed by atoms with Crippen molar-refractivity contribution in [3.05, 3.63) is 0 Å². The molecular formula is C15H27N3O5S. The minimum absolute atomic E-state index is 0.0134. The summed E-state index contributed by atoms with van der Waals surface area (Å²) >= 11 is 0. The molecule has 9 heteroatoms. The molecule has 2 N–H and O–H groups in total. The Morgan fingerprint density at radius 1 is 1.25 bits per heavy atom. The number of hydrogen-bond donors (Lipinski definition) is 2. The van der Waals surface area contributed by atoms with Crippen LogP contribution in [-0.2, 0) is 24.2 Å². The van der Waals surface area contributed by atoms with Crippen LogP contribution in [0.2, 0.25) is 0 Å². The maximum absolute atomic E-state index is 12.4. The molecule has 2 fully saturated rings. The van der Waals surface area contributed by atoms with Gasteiger partial charge in [0.15, 0.2) is 15.6 Å². The number of hydrazine groups is 1. The predicted octanol–water partition coefficient (Wildman–Crippen LogP) is -0.890. The van der Waals surface area contributed by atoms with Crippen molar-refractivity contribution < 1.29 is 22.7 Å². The molecule has 24 heavy (non-hydrogen) atoms. The van der Waals surface area contributed by atoms with E-state index in [9.17, 15) is 18.0 Å². The number of rotatable bonds is 8. The lowest BCUT2D eigenvalue weighted by Crippen LogP contribution is -2.53. The van der Waals surface area contributed by atoms with Crippen molar-refractivity contribution in [3.63, 3.8) is 0 Å². The molecule has 0 unspecified atom stereocenters. The van der Waals surface area contributed by atoms with E-state index in [-0.39, 0.29) is 35.7 Å². The van der Waals surface area contributed by atoms with Crippen molar-refractivity contribution >= 4 is 21.5 Å². The van der Waals surface area contributed by atoms with Crippen LogP contribution >= 0.6 is 0 Å². The van der Waals surface area contributed by atoms with Crippen molar-refractivity contribution in [1.29, 1.82) is 0 Å². The number of ether oxygens (including phenoxy) is 1. The molecule has 0 aromatic carbocycles. The van der Waals surface area contributed by atoms with Crippen molar-refractivity contribution in [2.45, 2.75) is 38.8 Å². The van der Waals surface area contributed by atoms with Crippen LogP contribution in [0.3, 0.4) is 0 Å². The van der Waals surface area contributed by atoms with Crippen molar-refractivity contribution in [1.82, 2.24) is 15.8 Å².